The summed E-state index contributed by atoms with van der Waals surface area (Å²) in [5.41, 5.74) is 3.50. The quantitative estimate of drug-likeness (QED) is 0.728. The fourth-order valence-corrected chi connectivity index (χ4v) is 1.73. The van der Waals surface area contributed by atoms with Crippen molar-refractivity contribution in [2.75, 3.05) is 5.88 Å². The highest BCUT2D eigenvalue weighted by atomic mass is 35.5. The van der Waals surface area contributed by atoms with Crippen LogP contribution in [0.3, 0.4) is 0 Å². The van der Waals surface area contributed by atoms with E-state index in [4.69, 9.17) is 11.6 Å². The van der Waals surface area contributed by atoms with Crippen molar-refractivity contribution in [1.29, 1.82) is 0 Å². The molecular formula is C12H13ClN2. The van der Waals surface area contributed by atoms with Crippen LogP contribution >= 0.6 is 11.6 Å². The van der Waals surface area contributed by atoms with Gasteiger partial charge in [-0.05, 0) is 36.6 Å². The van der Waals surface area contributed by atoms with Crippen molar-refractivity contribution in [3.8, 4) is 5.69 Å². The molecule has 2 nitrogen and oxygen atoms in total. The van der Waals surface area contributed by atoms with E-state index in [0.717, 1.165) is 12.1 Å². The Morgan fingerprint density at radius 2 is 2.27 bits per heavy atom. The first-order valence-corrected chi connectivity index (χ1v) is 5.49. The van der Waals surface area contributed by atoms with Gasteiger partial charge < -0.3 is 0 Å². The van der Waals surface area contributed by atoms with Crippen molar-refractivity contribution in [2.45, 2.75) is 13.3 Å². The third kappa shape index (κ3) is 2.39. The molecule has 2 rings (SSSR count). The Bertz CT molecular complexity index is 448. The largest absolute Gasteiger partial charge is 0.241 e. The second kappa shape index (κ2) is 4.49. The van der Waals surface area contributed by atoms with E-state index < -0.39 is 0 Å². The molecule has 0 bridgehead atoms. The van der Waals surface area contributed by atoms with Crippen LogP contribution < -0.4 is 0 Å². The molecule has 0 spiro atoms. The van der Waals surface area contributed by atoms with E-state index in [2.05, 4.69) is 24.2 Å². The molecular weight excluding hydrogens is 208 g/mol. The van der Waals surface area contributed by atoms with Crippen molar-refractivity contribution in [1.82, 2.24) is 9.78 Å². The molecule has 3 heteroatoms. The summed E-state index contributed by atoms with van der Waals surface area (Å²) in [4.78, 5) is 0. The number of aromatic nitrogens is 2. The van der Waals surface area contributed by atoms with Crippen LogP contribution in [0, 0.1) is 6.92 Å². The average Bonchev–Trinajstić information content (AvgIpc) is 2.67. The summed E-state index contributed by atoms with van der Waals surface area (Å²) < 4.78 is 1.88. The number of nitrogens with zero attached hydrogens (tertiary/aromatic N) is 2. The number of hydrogen-bond acceptors (Lipinski definition) is 1. The van der Waals surface area contributed by atoms with Crippen LogP contribution in [0.25, 0.3) is 5.69 Å². The maximum Gasteiger partial charge on any atom is 0.0648 e. The predicted molar refractivity (Wildman–Crippen MR) is 62.7 cm³/mol. The third-order valence-electron chi connectivity index (χ3n) is 2.29. The first-order chi connectivity index (χ1) is 7.29. The number of hydrogen-bond donors (Lipinski definition) is 0. The van der Waals surface area contributed by atoms with E-state index in [1.165, 1.54) is 11.1 Å². The number of aryl methyl sites for hydroxylation is 2. The molecule has 1 heterocycles. The van der Waals surface area contributed by atoms with E-state index in [1.54, 1.807) is 0 Å². The van der Waals surface area contributed by atoms with Crippen LogP contribution in [0.4, 0.5) is 0 Å². The minimum absolute atomic E-state index is 0.638. The minimum atomic E-state index is 0.638. The zero-order valence-electron chi connectivity index (χ0n) is 8.65. The van der Waals surface area contributed by atoms with Gasteiger partial charge in [0.05, 0.1) is 11.9 Å². The fraction of sp³-hybridized carbons (Fsp3) is 0.250. The van der Waals surface area contributed by atoms with Gasteiger partial charge in [-0.15, -0.1) is 11.6 Å². The van der Waals surface area contributed by atoms with Crippen LogP contribution in [0.2, 0.25) is 0 Å². The smallest absolute Gasteiger partial charge is 0.0648 e. The van der Waals surface area contributed by atoms with Crippen molar-refractivity contribution >= 4 is 11.6 Å². The third-order valence-corrected chi connectivity index (χ3v) is 2.47. The summed E-state index contributed by atoms with van der Waals surface area (Å²) in [5, 5.41) is 4.30. The van der Waals surface area contributed by atoms with Crippen molar-refractivity contribution < 1.29 is 0 Å². The Labute approximate surface area is 94.5 Å². The van der Waals surface area contributed by atoms with Gasteiger partial charge in [0.2, 0.25) is 0 Å². The van der Waals surface area contributed by atoms with E-state index >= 15 is 0 Å². The Balaban J connectivity index is 2.29. The molecule has 2 aromatic rings. The molecule has 1 aromatic carbocycles. The van der Waals surface area contributed by atoms with Crippen LogP contribution in [-0.2, 0) is 6.42 Å². The molecule has 0 N–H and O–H groups in total. The lowest BCUT2D eigenvalue weighted by Gasteiger charge is -2.01. The van der Waals surface area contributed by atoms with Gasteiger partial charge in [-0.25, -0.2) is 4.68 Å². The van der Waals surface area contributed by atoms with Crippen LogP contribution in [-0.4, -0.2) is 15.7 Å². The van der Waals surface area contributed by atoms with E-state index in [9.17, 15) is 0 Å². The number of alkyl halides is 1. The van der Waals surface area contributed by atoms with Gasteiger partial charge in [0.1, 0.15) is 0 Å². The topological polar surface area (TPSA) is 17.8 Å². The van der Waals surface area contributed by atoms with Crippen molar-refractivity contribution in [3.05, 3.63) is 47.8 Å². The summed E-state index contributed by atoms with van der Waals surface area (Å²) >= 11 is 5.68. The molecule has 15 heavy (non-hydrogen) atoms. The first-order valence-electron chi connectivity index (χ1n) is 4.96. The fourth-order valence-electron chi connectivity index (χ4n) is 1.51. The van der Waals surface area contributed by atoms with Crippen molar-refractivity contribution in [2.24, 2.45) is 0 Å². The lowest BCUT2D eigenvalue weighted by atomic mass is 10.2. The van der Waals surface area contributed by atoms with Gasteiger partial charge in [0.25, 0.3) is 0 Å². The lowest BCUT2D eigenvalue weighted by Crippen LogP contribution is -1.94. The zero-order valence-corrected chi connectivity index (χ0v) is 9.41. The van der Waals surface area contributed by atoms with Crippen LogP contribution in [0.5, 0.6) is 0 Å². The molecule has 0 radical (unpaired) electrons. The summed E-state index contributed by atoms with van der Waals surface area (Å²) in [6.45, 7) is 2.08. The number of rotatable bonds is 3. The van der Waals surface area contributed by atoms with Crippen molar-refractivity contribution in [3.63, 3.8) is 0 Å². The normalized spacial score (nSPS) is 10.5. The summed E-state index contributed by atoms with van der Waals surface area (Å²) in [5.74, 6) is 0.638. The average molecular weight is 221 g/mol. The van der Waals surface area contributed by atoms with Gasteiger partial charge in [-0.3, -0.25) is 0 Å². The molecule has 78 valence electrons. The van der Waals surface area contributed by atoms with E-state index in [-0.39, 0.29) is 0 Å². The molecule has 1 aromatic heterocycles. The zero-order chi connectivity index (χ0) is 10.7. The minimum Gasteiger partial charge on any atom is -0.241 e. The summed E-state index contributed by atoms with van der Waals surface area (Å²) in [6, 6.07) is 8.27. The van der Waals surface area contributed by atoms with Gasteiger partial charge in [0.15, 0.2) is 0 Å². The van der Waals surface area contributed by atoms with E-state index in [0.29, 0.717) is 5.88 Å². The molecule has 0 aliphatic rings. The predicted octanol–water partition coefficient (Wildman–Crippen LogP) is 2.96. The maximum atomic E-state index is 5.68. The van der Waals surface area contributed by atoms with Crippen LogP contribution in [0.15, 0.2) is 36.7 Å². The van der Waals surface area contributed by atoms with E-state index in [1.807, 2.05) is 29.2 Å². The highest BCUT2D eigenvalue weighted by Gasteiger charge is 2.00. The SMILES string of the molecule is Cc1cccc(-n2cc(CCCl)cn2)c1. The molecule has 0 fully saturated rings. The second-order valence-electron chi connectivity index (χ2n) is 3.57. The van der Waals surface area contributed by atoms with Gasteiger partial charge in [-0.2, -0.15) is 5.10 Å². The monoisotopic (exact) mass is 220 g/mol. The summed E-state index contributed by atoms with van der Waals surface area (Å²) in [7, 11) is 0. The molecule has 0 atom stereocenters. The molecule has 0 amide bonds. The lowest BCUT2D eigenvalue weighted by molar-refractivity contribution is 0.878. The van der Waals surface area contributed by atoms with Gasteiger partial charge >= 0.3 is 0 Å². The molecule has 0 saturated heterocycles. The Kier molecular flexibility index (Phi) is 3.07. The molecule has 0 unspecified atom stereocenters. The highest BCUT2D eigenvalue weighted by molar-refractivity contribution is 6.17. The standard InChI is InChI=1S/C12H13ClN2/c1-10-3-2-4-12(7-10)15-9-11(5-6-13)8-14-15/h2-4,7-9H,5-6H2,1H3. The van der Waals surface area contributed by atoms with Gasteiger partial charge in [-0.1, -0.05) is 12.1 Å². The summed E-state index contributed by atoms with van der Waals surface area (Å²) in [6.07, 6.45) is 4.76. The van der Waals surface area contributed by atoms with Crippen LogP contribution in [0.1, 0.15) is 11.1 Å². The first kappa shape index (κ1) is 10.2. The van der Waals surface area contributed by atoms with Gasteiger partial charge in [0, 0.05) is 12.1 Å². The highest BCUT2D eigenvalue weighted by Crippen LogP contribution is 2.10. The molecule has 0 saturated carbocycles. The Morgan fingerprint density at radius 3 is 3.00 bits per heavy atom. The Hall–Kier alpha value is -1.28. The Morgan fingerprint density at radius 1 is 1.40 bits per heavy atom. The number of benzene rings is 1. The maximum absolute atomic E-state index is 5.68. The second-order valence-corrected chi connectivity index (χ2v) is 3.95. The molecule has 0 aliphatic heterocycles. The molecule has 0 aliphatic carbocycles. The number of halogens is 1.